The highest BCUT2D eigenvalue weighted by molar-refractivity contribution is 5.33. The fourth-order valence-corrected chi connectivity index (χ4v) is 1.80. The zero-order chi connectivity index (χ0) is 12.3. The van der Waals surface area contributed by atoms with Crippen LogP contribution >= 0.6 is 0 Å². The van der Waals surface area contributed by atoms with Gasteiger partial charge in [0.15, 0.2) is 0 Å². The van der Waals surface area contributed by atoms with Gasteiger partial charge in [0.05, 0.1) is 11.6 Å². The van der Waals surface area contributed by atoms with Gasteiger partial charge in [0, 0.05) is 7.05 Å². The molecule has 0 saturated heterocycles. The Morgan fingerprint density at radius 1 is 1.38 bits per heavy atom. The molecule has 0 radical (unpaired) electrons. The first-order valence-electron chi connectivity index (χ1n) is 5.54. The molecule has 1 N–H and O–H groups in total. The summed E-state index contributed by atoms with van der Waals surface area (Å²) in [6.45, 7) is 9.49. The largest absolute Gasteiger partial charge is 0.386 e. The molecule has 16 heavy (non-hydrogen) atoms. The number of hydrogen-bond acceptors (Lipinski definition) is 2. The van der Waals surface area contributed by atoms with E-state index in [-0.39, 0.29) is 6.04 Å². The van der Waals surface area contributed by atoms with Crippen molar-refractivity contribution in [1.82, 2.24) is 4.90 Å². The molecule has 2 heteroatoms. The number of nitrogens with zero attached hydrogens (tertiary/aromatic N) is 1. The summed E-state index contributed by atoms with van der Waals surface area (Å²) >= 11 is 0. The summed E-state index contributed by atoms with van der Waals surface area (Å²) < 4.78 is 0. The van der Waals surface area contributed by atoms with Crippen molar-refractivity contribution >= 4 is 0 Å². The van der Waals surface area contributed by atoms with Gasteiger partial charge in [-0.15, -0.1) is 0 Å². The van der Waals surface area contributed by atoms with Crippen molar-refractivity contribution in [2.45, 2.75) is 32.4 Å². The van der Waals surface area contributed by atoms with E-state index in [9.17, 15) is 5.11 Å². The molecular weight excluding hydrogens is 198 g/mol. The number of hydrogen-bond donors (Lipinski definition) is 1. The molecule has 0 bridgehead atoms. The highest BCUT2D eigenvalue weighted by Gasteiger charge is 2.22. The normalized spacial score (nSPS) is 13.3. The molecule has 0 saturated carbocycles. The van der Waals surface area contributed by atoms with E-state index in [4.69, 9.17) is 0 Å². The van der Waals surface area contributed by atoms with Gasteiger partial charge in [-0.1, -0.05) is 30.8 Å². The van der Waals surface area contributed by atoms with Crippen molar-refractivity contribution in [3.63, 3.8) is 0 Å². The first-order chi connectivity index (χ1) is 7.38. The molecule has 1 aromatic rings. The quantitative estimate of drug-likeness (QED) is 0.841. The fourth-order valence-electron chi connectivity index (χ4n) is 1.80. The SMILES string of the molecule is C=CN(C)C(C)c1ccccc1C(C)(C)O. The van der Waals surface area contributed by atoms with Gasteiger partial charge in [-0.25, -0.2) is 0 Å². The number of benzene rings is 1. The second-order valence-corrected chi connectivity index (χ2v) is 4.67. The molecule has 1 rings (SSSR count). The predicted molar refractivity (Wildman–Crippen MR) is 68.1 cm³/mol. The molecule has 0 spiro atoms. The Labute approximate surface area is 98.2 Å². The van der Waals surface area contributed by atoms with Crippen LogP contribution in [-0.2, 0) is 5.60 Å². The Morgan fingerprint density at radius 2 is 1.94 bits per heavy atom. The van der Waals surface area contributed by atoms with Crippen LogP contribution in [0, 0.1) is 0 Å². The van der Waals surface area contributed by atoms with Gasteiger partial charge in [-0.05, 0) is 38.1 Å². The molecule has 1 atom stereocenters. The van der Waals surface area contributed by atoms with E-state index in [2.05, 4.69) is 19.6 Å². The third kappa shape index (κ3) is 2.64. The van der Waals surface area contributed by atoms with E-state index >= 15 is 0 Å². The van der Waals surface area contributed by atoms with Crippen molar-refractivity contribution in [2.24, 2.45) is 0 Å². The molecular formula is C14H21NO. The maximum absolute atomic E-state index is 10.1. The minimum Gasteiger partial charge on any atom is -0.386 e. The molecule has 0 aliphatic rings. The number of aliphatic hydroxyl groups is 1. The maximum Gasteiger partial charge on any atom is 0.0843 e. The Morgan fingerprint density at radius 3 is 2.44 bits per heavy atom. The Hall–Kier alpha value is -1.28. The molecule has 1 unspecified atom stereocenters. The highest BCUT2D eigenvalue weighted by atomic mass is 16.3. The second kappa shape index (κ2) is 4.71. The summed E-state index contributed by atoms with van der Waals surface area (Å²) in [6, 6.07) is 8.19. The summed E-state index contributed by atoms with van der Waals surface area (Å²) in [5.74, 6) is 0. The Bertz CT molecular complexity index is 365. The van der Waals surface area contributed by atoms with Crippen LogP contribution in [0.3, 0.4) is 0 Å². The maximum atomic E-state index is 10.1. The van der Waals surface area contributed by atoms with E-state index in [1.807, 2.05) is 44.0 Å². The van der Waals surface area contributed by atoms with Crippen molar-refractivity contribution in [2.75, 3.05) is 7.05 Å². The summed E-state index contributed by atoms with van der Waals surface area (Å²) in [5, 5.41) is 10.1. The summed E-state index contributed by atoms with van der Waals surface area (Å²) in [5.41, 5.74) is 1.29. The summed E-state index contributed by atoms with van der Waals surface area (Å²) in [7, 11) is 1.98. The van der Waals surface area contributed by atoms with Gasteiger partial charge in [0.25, 0.3) is 0 Å². The molecule has 0 amide bonds. The van der Waals surface area contributed by atoms with Crippen LogP contribution in [0.5, 0.6) is 0 Å². The lowest BCUT2D eigenvalue weighted by atomic mass is 9.90. The average molecular weight is 219 g/mol. The molecule has 0 fully saturated rings. The van der Waals surface area contributed by atoms with E-state index in [1.165, 1.54) is 0 Å². The molecule has 0 aromatic heterocycles. The van der Waals surface area contributed by atoms with Crippen molar-refractivity contribution in [3.8, 4) is 0 Å². The van der Waals surface area contributed by atoms with Crippen molar-refractivity contribution in [1.29, 1.82) is 0 Å². The topological polar surface area (TPSA) is 23.5 Å². The molecule has 2 nitrogen and oxygen atoms in total. The summed E-state index contributed by atoms with van der Waals surface area (Å²) in [4.78, 5) is 2.03. The molecule has 88 valence electrons. The van der Waals surface area contributed by atoms with E-state index in [0.29, 0.717) is 0 Å². The lowest BCUT2D eigenvalue weighted by Gasteiger charge is -2.29. The van der Waals surface area contributed by atoms with Gasteiger partial charge in [0.1, 0.15) is 0 Å². The highest BCUT2D eigenvalue weighted by Crippen LogP contribution is 2.30. The minimum absolute atomic E-state index is 0.208. The zero-order valence-electron chi connectivity index (χ0n) is 10.6. The molecule has 0 aliphatic heterocycles. The van der Waals surface area contributed by atoms with Gasteiger partial charge in [0.2, 0.25) is 0 Å². The third-order valence-corrected chi connectivity index (χ3v) is 2.97. The lowest BCUT2D eigenvalue weighted by Crippen LogP contribution is -2.23. The van der Waals surface area contributed by atoms with Gasteiger partial charge in [-0.2, -0.15) is 0 Å². The minimum atomic E-state index is -0.813. The summed E-state index contributed by atoms with van der Waals surface area (Å²) in [6.07, 6.45) is 1.80. The van der Waals surface area contributed by atoms with Gasteiger partial charge in [-0.3, -0.25) is 0 Å². The predicted octanol–water partition coefficient (Wildman–Crippen LogP) is 3.05. The average Bonchev–Trinajstić information content (AvgIpc) is 2.26. The van der Waals surface area contributed by atoms with E-state index in [0.717, 1.165) is 11.1 Å². The smallest absolute Gasteiger partial charge is 0.0843 e. The van der Waals surface area contributed by atoms with E-state index < -0.39 is 5.60 Å². The van der Waals surface area contributed by atoms with Crippen LogP contribution in [-0.4, -0.2) is 17.1 Å². The van der Waals surface area contributed by atoms with E-state index in [1.54, 1.807) is 6.20 Å². The fraction of sp³-hybridized carbons (Fsp3) is 0.429. The molecule has 0 aliphatic carbocycles. The lowest BCUT2D eigenvalue weighted by molar-refractivity contribution is 0.0764. The Balaban J connectivity index is 3.18. The van der Waals surface area contributed by atoms with Crippen molar-refractivity contribution < 1.29 is 5.11 Å². The van der Waals surface area contributed by atoms with Crippen LogP contribution < -0.4 is 0 Å². The molecule has 0 heterocycles. The van der Waals surface area contributed by atoms with Crippen LogP contribution in [0.4, 0.5) is 0 Å². The zero-order valence-corrected chi connectivity index (χ0v) is 10.6. The van der Waals surface area contributed by atoms with Crippen LogP contribution in [0.1, 0.15) is 37.9 Å². The van der Waals surface area contributed by atoms with Crippen LogP contribution in [0.15, 0.2) is 37.0 Å². The third-order valence-electron chi connectivity index (χ3n) is 2.97. The monoisotopic (exact) mass is 219 g/mol. The van der Waals surface area contributed by atoms with Crippen LogP contribution in [0.2, 0.25) is 0 Å². The van der Waals surface area contributed by atoms with Crippen molar-refractivity contribution in [3.05, 3.63) is 48.2 Å². The van der Waals surface area contributed by atoms with Gasteiger partial charge < -0.3 is 10.0 Å². The standard InChI is InChI=1S/C14H21NO/c1-6-15(5)11(2)12-9-7-8-10-13(12)14(3,4)16/h6-11,16H,1H2,2-5H3. The number of rotatable bonds is 4. The second-order valence-electron chi connectivity index (χ2n) is 4.67. The first-order valence-corrected chi connectivity index (χ1v) is 5.54. The first kappa shape index (κ1) is 12.8. The van der Waals surface area contributed by atoms with Gasteiger partial charge >= 0.3 is 0 Å². The van der Waals surface area contributed by atoms with Crippen LogP contribution in [0.25, 0.3) is 0 Å². The Kier molecular flexibility index (Phi) is 3.76. The molecule has 1 aromatic carbocycles.